The Morgan fingerprint density at radius 1 is 1.42 bits per heavy atom. The molecule has 3 rings (SSSR count). The van der Waals surface area contributed by atoms with Crippen molar-refractivity contribution >= 4 is 11.7 Å². The van der Waals surface area contributed by atoms with Crippen LogP contribution in [0.25, 0.3) is 0 Å². The molecule has 0 radical (unpaired) electrons. The maximum Gasteiger partial charge on any atom is 0.250 e. The van der Waals surface area contributed by atoms with Crippen LogP contribution in [-0.2, 0) is 11.2 Å². The van der Waals surface area contributed by atoms with Crippen LogP contribution >= 0.6 is 0 Å². The van der Waals surface area contributed by atoms with Crippen LogP contribution in [0.4, 0.5) is 5.82 Å². The molecule has 1 aliphatic heterocycles. The summed E-state index contributed by atoms with van der Waals surface area (Å²) in [5.74, 6) is 1.22. The van der Waals surface area contributed by atoms with Crippen LogP contribution in [0, 0.1) is 0 Å². The first-order valence-corrected chi connectivity index (χ1v) is 7.91. The summed E-state index contributed by atoms with van der Waals surface area (Å²) in [6, 6.07) is 11.6. The van der Waals surface area contributed by atoms with Crippen molar-refractivity contribution in [1.29, 1.82) is 0 Å². The molecule has 0 aliphatic carbocycles. The summed E-state index contributed by atoms with van der Waals surface area (Å²) >= 11 is 0. The highest BCUT2D eigenvalue weighted by Gasteiger charge is 2.22. The van der Waals surface area contributed by atoms with Gasteiger partial charge in [-0.05, 0) is 29.8 Å². The number of hydrogen-bond acceptors (Lipinski definition) is 5. The van der Waals surface area contributed by atoms with Crippen molar-refractivity contribution in [3.8, 4) is 5.75 Å². The number of amides is 1. The van der Waals surface area contributed by atoms with E-state index in [4.69, 9.17) is 15.2 Å². The number of hydrogen-bond donors (Lipinski definition) is 1. The Morgan fingerprint density at radius 3 is 3.00 bits per heavy atom. The molecule has 1 aliphatic rings. The second kappa shape index (κ2) is 7.31. The fourth-order valence-electron chi connectivity index (χ4n) is 2.83. The minimum absolute atomic E-state index is 0.0865. The molecule has 0 saturated carbocycles. The van der Waals surface area contributed by atoms with Gasteiger partial charge >= 0.3 is 0 Å². The van der Waals surface area contributed by atoms with E-state index in [0.717, 1.165) is 31.1 Å². The van der Waals surface area contributed by atoms with Gasteiger partial charge in [0, 0.05) is 25.7 Å². The number of morpholine rings is 1. The lowest BCUT2D eigenvalue weighted by atomic mass is 10.1. The monoisotopic (exact) mass is 327 g/mol. The van der Waals surface area contributed by atoms with Crippen molar-refractivity contribution < 1.29 is 14.3 Å². The van der Waals surface area contributed by atoms with E-state index >= 15 is 0 Å². The molecule has 6 heteroatoms. The highest BCUT2D eigenvalue weighted by Crippen LogP contribution is 2.20. The van der Waals surface area contributed by atoms with E-state index < -0.39 is 5.91 Å². The Labute approximate surface area is 141 Å². The third-order valence-electron chi connectivity index (χ3n) is 4.09. The molecule has 1 aromatic heterocycles. The summed E-state index contributed by atoms with van der Waals surface area (Å²) in [5.41, 5.74) is 6.85. The number of methoxy groups -OCH3 is 1. The smallest absolute Gasteiger partial charge is 0.250 e. The fraction of sp³-hybridized carbons (Fsp3) is 0.333. The zero-order chi connectivity index (χ0) is 16.9. The van der Waals surface area contributed by atoms with Crippen molar-refractivity contribution in [2.75, 3.05) is 31.7 Å². The number of carbonyl (C=O) groups is 1. The zero-order valence-corrected chi connectivity index (χ0v) is 13.6. The lowest BCUT2D eigenvalue weighted by Gasteiger charge is -2.34. The molecule has 1 amide bonds. The Morgan fingerprint density at radius 2 is 2.29 bits per heavy atom. The van der Waals surface area contributed by atoms with Gasteiger partial charge in [-0.2, -0.15) is 0 Å². The Kier molecular flexibility index (Phi) is 4.96. The topological polar surface area (TPSA) is 77.7 Å². The molecule has 0 spiro atoms. The number of ether oxygens (including phenoxy) is 2. The molecule has 2 aromatic rings. The maximum atomic E-state index is 11.1. The number of anilines is 1. The minimum Gasteiger partial charge on any atom is -0.497 e. The van der Waals surface area contributed by atoms with Gasteiger partial charge in [0.1, 0.15) is 11.6 Å². The maximum absolute atomic E-state index is 11.1. The van der Waals surface area contributed by atoms with Crippen LogP contribution in [-0.4, -0.2) is 43.8 Å². The molecule has 24 heavy (non-hydrogen) atoms. The van der Waals surface area contributed by atoms with Gasteiger partial charge in [-0.1, -0.05) is 12.1 Å². The fourth-order valence-corrected chi connectivity index (χ4v) is 2.83. The van der Waals surface area contributed by atoms with Crippen molar-refractivity contribution in [2.24, 2.45) is 5.73 Å². The Bertz CT molecular complexity index is 703. The summed E-state index contributed by atoms with van der Waals surface area (Å²) < 4.78 is 11.2. The van der Waals surface area contributed by atoms with Gasteiger partial charge in [0.25, 0.3) is 0 Å². The van der Waals surface area contributed by atoms with Crippen LogP contribution in [0.15, 0.2) is 42.6 Å². The third kappa shape index (κ3) is 3.83. The molecule has 1 fully saturated rings. The summed E-state index contributed by atoms with van der Waals surface area (Å²) in [7, 11) is 1.67. The van der Waals surface area contributed by atoms with E-state index in [1.54, 1.807) is 13.2 Å². The molecule has 1 saturated heterocycles. The predicted molar refractivity (Wildman–Crippen MR) is 91.4 cm³/mol. The van der Waals surface area contributed by atoms with Gasteiger partial charge in [0.2, 0.25) is 5.91 Å². The molecule has 2 heterocycles. The zero-order valence-electron chi connectivity index (χ0n) is 13.6. The molecular formula is C18H21N3O3. The number of primary amides is 1. The van der Waals surface area contributed by atoms with E-state index in [0.29, 0.717) is 12.2 Å². The molecule has 1 aromatic carbocycles. The molecule has 0 bridgehead atoms. The highest BCUT2D eigenvalue weighted by molar-refractivity contribution is 5.92. The average molecular weight is 327 g/mol. The molecule has 126 valence electrons. The van der Waals surface area contributed by atoms with Gasteiger partial charge in [0.15, 0.2) is 0 Å². The molecule has 1 atom stereocenters. The number of nitrogens with two attached hydrogens (primary N) is 1. The number of benzene rings is 1. The lowest BCUT2D eigenvalue weighted by Crippen LogP contribution is -2.43. The van der Waals surface area contributed by atoms with E-state index in [-0.39, 0.29) is 6.10 Å². The van der Waals surface area contributed by atoms with Crippen LogP contribution in [0.3, 0.4) is 0 Å². The first-order chi connectivity index (χ1) is 11.7. The normalized spacial score (nSPS) is 17.5. The number of aromatic nitrogens is 1. The molecule has 6 nitrogen and oxygen atoms in total. The molecule has 2 N–H and O–H groups in total. The second-order valence-electron chi connectivity index (χ2n) is 5.76. The van der Waals surface area contributed by atoms with E-state index in [1.165, 1.54) is 11.8 Å². The van der Waals surface area contributed by atoms with Gasteiger partial charge in [-0.15, -0.1) is 0 Å². The van der Waals surface area contributed by atoms with Crippen LogP contribution in [0.5, 0.6) is 5.75 Å². The van der Waals surface area contributed by atoms with Gasteiger partial charge in [-0.3, -0.25) is 4.79 Å². The number of nitrogens with zero attached hydrogens (tertiary/aromatic N) is 2. The summed E-state index contributed by atoms with van der Waals surface area (Å²) in [4.78, 5) is 17.6. The third-order valence-corrected chi connectivity index (χ3v) is 4.09. The predicted octanol–water partition coefficient (Wildman–Crippen LogP) is 1.64. The van der Waals surface area contributed by atoms with Crippen molar-refractivity contribution in [1.82, 2.24) is 4.98 Å². The van der Waals surface area contributed by atoms with Crippen molar-refractivity contribution in [3.63, 3.8) is 0 Å². The van der Waals surface area contributed by atoms with Gasteiger partial charge < -0.3 is 20.1 Å². The van der Waals surface area contributed by atoms with E-state index in [2.05, 4.69) is 16.0 Å². The highest BCUT2D eigenvalue weighted by atomic mass is 16.5. The average Bonchev–Trinajstić information content (AvgIpc) is 2.62. The van der Waals surface area contributed by atoms with E-state index in [1.807, 2.05) is 24.3 Å². The number of pyridine rings is 1. The summed E-state index contributed by atoms with van der Waals surface area (Å²) in [5, 5.41) is 0. The lowest BCUT2D eigenvalue weighted by molar-refractivity contribution is 0.0408. The van der Waals surface area contributed by atoms with Crippen molar-refractivity contribution in [2.45, 2.75) is 12.5 Å². The Balaban J connectivity index is 1.66. The number of carbonyl (C=O) groups excluding carboxylic acids is 1. The van der Waals surface area contributed by atoms with Crippen LogP contribution in [0.1, 0.15) is 15.9 Å². The SMILES string of the molecule is COc1cccc(C[C@H]2CN(c3ccc(C(N)=O)cn3)CCO2)c1. The van der Waals surface area contributed by atoms with Crippen molar-refractivity contribution in [3.05, 3.63) is 53.7 Å². The first kappa shape index (κ1) is 16.3. The standard InChI is InChI=1S/C18H21N3O3/c1-23-15-4-2-3-13(9-15)10-16-12-21(7-8-24-16)17-6-5-14(11-20-17)18(19)22/h2-6,9,11,16H,7-8,10,12H2,1H3,(H2,19,22)/t16-/m0/s1. The Hall–Kier alpha value is -2.60. The van der Waals surface area contributed by atoms with Crippen LogP contribution in [0.2, 0.25) is 0 Å². The number of rotatable bonds is 5. The largest absolute Gasteiger partial charge is 0.497 e. The quantitative estimate of drug-likeness (QED) is 0.903. The van der Waals surface area contributed by atoms with Crippen LogP contribution < -0.4 is 15.4 Å². The molecule has 0 unspecified atom stereocenters. The summed E-state index contributed by atoms with van der Waals surface area (Å²) in [6.45, 7) is 2.17. The summed E-state index contributed by atoms with van der Waals surface area (Å²) in [6.07, 6.45) is 2.42. The molecular weight excluding hydrogens is 306 g/mol. The van der Waals surface area contributed by atoms with Gasteiger partial charge in [0.05, 0.1) is 25.4 Å². The first-order valence-electron chi connectivity index (χ1n) is 7.91. The van der Waals surface area contributed by atoms with E-state index in [9.17, 15) is 4.79 Å². The van der Waals surface area contributed by atoms with Gasteiger partial charge in [-0.25, -0.2) is 4.98 Å². The second-order valence-corrected chi connectivity index (χ2v) is 5.76. The minimum atomic E-state index is -0.466.